The number of pyridine rings is 1. The zero-order valence-corrected chi connectivity index (χ0v) is 9.63. The van der Waals surface area contributed by atoms with Crippen LogP contribution in [0.5, 0.6) is 0 Å². The molecule has 2 aromatic heterocycles. The standard InChI is InChI=1S/C9H6BrClN2O/c1-5(14)9-12-8(10)7-4-6(11)2-3-13(7)9/h2-4H,1H3. The SMILES string of the molecule is CC(=O)c1nc(Br)c2cc(Cl)ccn12. The van der Waals surface area contributed by atoms with Crippen LogP contribution in [0.3, 0.4) is 0 Å². The summed E-state index contributed by atoms with van der Waals surface area (Å²) in [5, 5.41) is 0.619. The van der Waals surface area contributed by atoms with Crippen LogP contribution < -0.4 is 0 Å². The van der Waals surface area contributed by atoms with Crippen molar-refractivity contribution in [3.05, 3.63) is 33.8 Å². The summed E-state index contributed by atoms with van der Waals surface area (Å²) in [5.41, 5.74) is 0.794. The molecule has 5 heteroatoms. The lowest BCUT2D eigenvalue weighted by atomic mass is 10.4. The Morgan fingerprint density at radius 3 is 3.00 bits per heavy atom. The van der Waals surface area contributed by atoms with E-state index >= 15 is 0 Å². The third-order valence-electron chi connectivity index (χ3n) is 1.88. The van der Waals surface area contributed by atoms with Gasteiger partial charge in [0.25, 0.3) is 0 Å². The highest BCUT2D eigenvalue weighted by atomic mass is 79.9. The topological polar surface area (TPSA) is 34.4 Å². The Bertz CT molecular complexity index is 521. The maximum Gasteiger partial charge on any atom is 0.195 e. The molecule has 14 heavy (non-hydrogen) atoms. The van der Waals surface area contributed by atoms with Crippen molar-refractivity contribution in [3.63, 3.8) is 0 Å². The quantitative estimate of drug-likeness (QED) is 0.749. The van der Waals surface area contributed by atoms with E-state index in [0.29, 0.717) is 15.5 Å². The van der Waals surface area contributed by atoms with E-state index in [2.05, 4.69) is 20.9 Å². The van der Waals surface area contributed by atoms with Gasteiger partial charge in [-0.15, -0.1) is 0 Å². The van der Waals surface area contributed by atoms with Crippen molar-refractivity contribution in [1.82, 2.24) is 9.38 Å². The lowest BCUT2D eigenvalue weighted by molar-refractivity contribution is 0.100. The van der Waals surface area contributed by atoms with Gasteiger partial charge in [0.2, 0.25) is 0 Å². The molecule has 2 rings (SSSR count). The number of halogens is 2. The molecule has 3 nitrogen and oxygen atoms in total. The molecule has 0 atom stereocenters. The Balaban J connectivity index is 2.84. The largest absolute Gasteiger partial charge is 0.296 e. The fourth-order valence-electron chi connectivity index (χ4n) is 1.27. The molecule has 0 N–H and O–H groups in total. The fraction of sp³-hybridized carbons (Fsp3) is 0.111. The van der Waals surface area contributed by atoms with Gasteiger partial charge in [0.1, 0.15) is 4.60 Å². The van der Waals surface area contributed by atoms with E-state index in [4.69, 9.17) is 11.6 Å². The minimum Gasteiger partial charge on any atom is -0.296 e. The highest BCUT2D eigenvalue weighted by Crippen LogP contribution is 2.22. The summed E-state index contributed by atoms with van der Waals surface area (Å²) >= 11 is 9.11. The summed E-state index contributed by atoms with van der Waals surface area (Å²) < 4.78 is 2.34. The summed E-state index contributed by atoms with van der Waals surface area (Å²) in [6.45, 7) is 1.48. The van der Waals surface area contributed by atoms with Gasteiger partial charge in [-0.25, -0.2) is 4.98 Å². The van der Waals surface area contributed by atoms with Crippen LogP contribution in [0.25, 0.3) is 5.52 Å². The number of carbonyl (C=O) groups excluding carboxylic acids is 1. The average Bonchev–Trinajstić information content (AvgIpc) is 2.44. The van der Waals surface area contributed by atoms with Crippen LogP contribution in [0.15, 0.2) is 22.9 Å². The Morgan fingerprint density at radius 1 is 1.64 bits per heavy atom. The number of Topliss-reactive ketones (excluding diaryl/α,β-unsaturated/α-hetero) is 1. The van der Waals surface area contributed by atoms with Crippen molar-refractivity contribution in [1.29, 1.82) is 0 Å². The predicted octanol–water partition coefficient (Wildman–Crippen LogP) is 2.95. The van der Waals surface area contributed by atoms with Crippen LogP contribution in [-0.4, -0.2) is 15.2 Å². The number of hydrogen-bond donors (Lipinski definition) is 0. The van der Waals surface area contributed by atoms with E-state index in [1.807, 2.05) is 0 Å². The number of aromatic nitrogens is 2. The molecule has 0 saturated heterocycles. The molecule has 0 aliphatic rings. The maximum atomic E-state index is 11.2. The lowest BCUT2D eigenvalue weighted by Crippen LogP contribution is -1.99. The molecule has 0 aliphatic heterocycles. The van der Waals surface area contributed by atoms with Crippen LogP contribution in [0.2, 0.25) is 5.02 Å². The van der Waals surface area contributed by atoms with Gasteiger partial charge in [0, 0.05) is 18.1 Å². The number of hydrogen-bond acceptors (Lipinski definition) is 2. The number of rotatable bonds is 1. The van der Waals surface area contributed by atoms with Gasteiger partial charge in [-0.3, -0.25) is 9.20 Å². The Kier molecular flexibility index (Phi) is 2.33. The maximum absolute atomic E-state index is 11.2. The zero-order valence-electron chi connectivity index (χ0n) is 7.29. The van der Waals surface area contributed by atoms with E-state index in [-0.39, 0.29) is 5.78 Å². The summed E-state index contributed by atoms with van der Waals surface area (Å²) in [4.78, 5) is 15.3. The summed E-state index contributed by atoms with van der Waals surface area (Å²) in [6.07, 6.45) is 1.73. The molecule has 0 aliphatic carbocycles. The van der Waals surface area contributed by atoms with Gasteiger partial charge >= 0.3 is 0 Å². The van der Waals surface area contributed by atoms with E-state index in [1.54, 1.807) is 22.7 Å². The second-order valence-corrected chi connectivity index (χ2v) is 4.07. The van der Waals surface area contributed by atoms with E-state index in [9.17, 15) is 4.79 Å². The van der Waals surface area contributed by atoms with Gasteiger partial charge in [0.15, 0.2) is 11.6 Å². The second kappa shape index (κ2) is 3.37. The van der Waals surface area contributed by atoms with Gasteiger partial charge in [-0.2, -0.15) is 0 Å². The van der Waals surface area contributed by atoms with Crippen LogP contribution in [0.4, 0.5) is 0 Å². The molecule has 2 heterocycles. The van der Waals surface area contributed by atoms with Crippen LogP contribution in [-0.2, 0) is 0 Å². The van der Waals surface area contributed by atoms with Crippen molar-refractivity contribution in [2.24, 2.45) is 0 Å². The summed E-state index contributed by atoms with van der Waals surface area (Å²) in [5.74, 6) is 0.330. The lowest BCUT2D eigenvalue weighted by Gasteiger charge is -1.96. The van der Waals surface area contributed by atoms with E-state index in [1.165, 1.54) is 6.92 Å². The third kappa shape index (κ3) is 1.44. The van der Waals surface area contributed by atoms with Crippen molar-refractivity contribution >= 4 is 38.8 Å². The molecule has 72 valence electrons. The molecule has 0 fully saturated rings. The first-order valence-corrected chi connectivity index (χ1v) is 5.11. The summed E-state index contributed by atoms with van der Waals surface area (Å²) in [7, 11) is 0. The van der Waals surface area contributed by atoms with Crippen molar-refractivity contribution in [3.8, 4) is 0 Å². The van der Waals surface area contributed by atoms with E-state index < -0.39 is 0 Å². The van der Waals surface area contributed by atoms with Gasteiger partial charge in [0.05, 0.1) is 5.52 Å². The van der Waals surface area contributed by atoms with Gasteiger partial charge < -0.3 is 0 Å². The van der Waals surface area contributed by atoms with Gasteiger partial charge in [-0.1, -0.05) is 11.6 Å². The normalized spacial score (nSPS) is 10.8. The molecular weight excluding hydrogens is 267 g/mol. The molecule has 0 aromatic carbocycles. The number of carbonyl (C=O) groups is 1. The van der Waals surface area contributed by atoms with Gasteiger partial charge in [-0.05, 0) is 28.1 Å². The number of ketones is 1. The number of imidazole rings is 1. The Morgan fingerprint density at radius 2 is 2.36 bits per heavy atom. The van der Waals surface area contributed by atoms with Crippen LogP contribution in [0, 0.1) is 0 Å². The molecule has 0 radical (unpaired) electrons. The molecule has 0 bridgehead atoms. The first-order valence-electron chi connectivity index (χ1n) is 3.93. The Labute approximate surface area is 93.8 Å². The fourth-order valence-corrected chi connectivity index (χ4v) is 1.90. The predicted molar refractivity (Wildman–Crippen MR) is 57.9 cm³/mol. The molecular formula is C9H6BrClN2O. The van der Waals surface area contributed by atoms with Crippen LogP contribution >= 0.6 is 27.5 Å². The average molecular weight is 274 g/mol. The van der Waals surface area contributed by atoms with Crippen molar-refractivity contribution in [2.45, 2.75) is 6.92 Å². The highest BCUT2D eigenvalue weighted by molar-refractivity contribution is 9.10. The summed E-state index contributed by atoms with van der Waals surface area (Å²) in [6, 6.07) is 3.47. The third-order valence-corrected chi connectivity index (χ3v) is 2.69. The monoisotopic (exact) mass is 272 g/mol. The smallest absolute Gasteiger partial charge is 0.195 e. The number of fused-ring (bicyclic) bond motifs is 1. The van der Waals surface area contributed by atoms with Crippen LogP contribution in [0.1, 0.15) is 17.5 Å². The molecule has 2 aromatic rings. The first kappa shape index (κ1) is 9.68. The minimum atomic E-state index is -0.0759. The minimum absolute atomic E-state index is 0.0759. The Hall–Kier alpha value is -0.870. The zero-order chi connectivity index (χ0) is 10.3. The highest BCUT2D eigenvalue weighted by Gasteiger charge is 2.12. The van der Waals surface area contributed by atoms with Crippen molar-refractivity contribution in [2.75, 3.05) is 0 Å². The molecule has 0 amide bonds. The first-order chi connectivity index (χ1) is 6.59. The molecule has 0 unspecified atom stereocenters. The van der Waals surface area contributed by atoms with E-state index in [0.717, 1.165) is 5.52 Å². The molecule has 0 spiro atoms. The number of nitrogens with zero attached hydrogens (tertiary/aromatic N) is 2. The van der Waals surface area contributed by atoms with Crippen molar-refractivity contribution < 1.29 is 4.79 Å². The molecule has 0 saturated carbocycles. The second-order valence-electron chi connectivity index (χ2n) is 2.88.